The second-order valence-corrected chi connectivity index (χ2v) is 3.79. The highest BCUT2D eigenvalue weighted by atomic mass is 19.1. The third-order valence-electron chi connectivity index (χ3n) is 2.51. The number of halogens is 1. The minimum Gasteiger partial charge on any atom is -0.478 e. The quantitative estimate of drug-likeness (QED) is 0.879. The fraction of sp³-hybridized carbons (Fsp3) is 0.0833. The lowest BCUT2D eigenvalue weighted by Crippen LogP contribution is -2.16. The van der Waals surface area contributed by atoms with Crippen LogP contribution in [0.25, 0.3) is 0 Å². The van der Waals surface area contributed by atoms with Gasteiger partial charge in [-0.25, -0.2) is 9.18 Å². The van der Waals surface area contributed by atoms with Gasteiger partial charge in [0.05, 0.1) is 5.56 Å². The van der Waals surface area contributed by atoms with Gasteiger partial charge in [0.2, 0.25) is 0 Å². The predicted octanol–water partition coefficient (Wildman–Crippen LogP) is 1.51. The van der Waals surface area contributed by atoms with Gasteiger partial charge >= 0.3 is 5.97 Å². The first-order valence-electron chi connectivity index (χ1n) is 5.31. The first-order valence-corrected chi connectivity index (χ1v) is 5.31. The minimum atomic E-state index is -1.36. The Morgan fingerprint density at radius 3 is 2.63 bits per heavy atom. The molecule has 1 aromatic heterocycles. The van der Waals surface area contributed by atoms with Crippen molar-refractivity contribution in [2.45, 2.75) is 0 Å². The molecule has 0 aliphatic carbocycles. The van der Waals surface area contributed by atoms with Crippen LogP contribution >= 0.6 is 0 Å². The minimum absolute atomic E-state index is 0.175. The molecule has 19 heavy (non-hydrogen) atoms. The third kappa shape index (κ3) is 2.59. The lowest BCUT2D eigenvalue weighted by molar-refractivity contribution is 0.0692. The van der Waals surface area contributed by atoms with Crippen LogP contribution in [0.2, 0.25) is 0 Å². The van der Waals surface area contributed by atoms with Crippen LogP contribution < -0.4 is 5.32 Å². The number of hydrogen-bond acceptors (Lipinski definition) is 3. The average Bonchev–Trinajstić information content (AvgIpc) is 2.75. The monoisotopic (exact) mass is 263 g/mol. The van der Waals surface area contributed by atoms with E-state index in [1.165, 1.54) is 23.0 Å². The molecular formula is C12H10FN3O3. The maximum absolute atomic E-state index is 13.4. The Hall–Kier alpha value is -2.70. The number of carbonyl (C=O) groups excluding carboxylic acids is 1. The van der Waals surface area contributed by atoms with E-state index in [-0.39, 0.29) is 5.69 Å². The summed E-state index contributed by atoms with van der Waals surface area (Å²) in [7, 11) is 1.60. The summed E-state index contributed by atoms with van der Waals surface area (Å²) in [4.78, 5) is 22.5. The van der Waals surface area contributed by atoms with E-state index in [2.05, 4.69) is 10.4 Å². The number of aromatic carboxylic acids is 1. The molecule has 0 unspecified atom stereocenters. The highest BCUT2D eigenvalue weighted by Gasteiger charge is 2.13. The van der Waals surface area contributed by atoms with Gasteiger partial charge in [-0.1, -0.05) is 0 Å². The molecule has 2 N–H and O–H groups in total. The van der Waals surface area contributed by atoms with Crippen LogP contribution in [0.5, 0.6) is 0 Å². The fourth-order valence-corrected chi connectivity index (χ4v) is 1.56. The van der Waals surface area contributed by atoms with Crippen molar-refractivity contribution in [3.8, 4) is 0 Å². The molecule has 6 nitrogen and oxygen atoms in total. The summed E-state index contributed by atoms with van der Waals surface area (Å²) < 4.78 is 14.8. The summed E-state index contributed by atoms with van der Waals surface area (Å²) in [6.45, 7) is 0. The number of benzene rings is 1. The Morgan fingerprint density at radius 2 is 2.11 bits per heavy atom. The maximum atomic E-state index is 13.4. The lowest BCUT2D eigenvalue weighted by atomic mass is 10.2. The summed E-state index contributed by atoms with van der Waals surface area (Å²) >= 11 is 0. The molecular weight excluding hydrogens is 253 g/mol. The summed E-state index contributed by atoms with van der Waals surface area (Å²) in [5, 5.41) is 15.0. The second kappa shape index (κ2) is 4.89. The number of nitrogens with one attached hydrogen (secondary N) is 1. The van der Waals surface area contributed by atoms with Gasteiger partial charge in [0.15, 0.2) is 0 Å². The van der Waals surface area contributed by atoms with E-state index in [0.29, 0.717) is 5.69 Å². The number of aromatic nitrogens is 2. The molecule has 1 aromatic carbocycles. The number of nitrogens with zero attached hydrogens (tertiary/aromatic N) is 2. The van der Waals surface area contributed by atoms with Crippen LogP contribution in [0.4, 0.5) is 10.1 Å². The van der Waals surface area contributed by atoms with Gasteiger partial charge < -0.3 is 10.4 Å². The zero-order valence-corrected chi connectivity index (χ0v) is 9.92. The van der Waals surface area contributed by atoms with E-state index in [4.69, 9.17) is 5.11 Å². The SMILES string of the molecule is Cn1nccc1C(=O)Nc1ccc(C(=O)O)c(F)c1. The molecule has 0 saturated heterocycles. The number of anilines is 1. The first kappa shape index (κ1) is 12.7. The van der Waals surface area contributed by atoms with Crippen molar-refractivity contribution < 1.29 is 19.1 Å². The molecule has 0 fully saturated rings. The van der Waals surface area contributed by atoms with Crippen molar-refractivity contribution in [1.82, 2.24) is 9.78 Å². The standard InChI is InChI=1S/C12H10FN3O3/c1-16-10(4-5-14-16)11(17)15-7-2-3-8(12(18)19)9(13)6-7/h2-6H,1H3,(H,15,17)(H,18,19). The topological polar surface area (TPSA) is 84.2 Å². The molecule has 0 aliphatic rings. The van der Waals surface area contributed by atoms with E-state index in [1.54, 1.807) is 7.05 Å². The normalized spacial score (nSPS) is 10.2. The average molecular weight is 263 g/mol. The zero-order chi connectivity index (χ0) is 14.0. The highest BCUT2D eigenvalue weighted by molar-refractivity contribution is 6.03. The molecule has 0 saturated carbocycles. The molecule has 1 amide bonds. The number of carbonyl (C=O) groups is 2. The number of amides is 1. The van der Waals surface area contributed by atoms with Gasteiger partial charge in [0.25, 0.3) is 5.91 Å². The maximum Gasteiger partial charge on any atom is 0.338 e. The summed E-state index contributed by atoms with van der Waals surface area (Å²) in [5.41, 5.74) is 0.0370. The summed E-state index contributed by atoms with van der Waals surface area (Å²) in [6.07, 6.45) is 1.46. The van der Waals surface area contributed by atoms with Crippen LogP contribution in [-0.2, 0) is 7.05 Å². The van der Waals surface area contributed by atoms with Gasteiger partial charge in [-0.05, 0) is 24.3 Å². The van der Waals surface area contributed by atoms with Gasteiger partial charge in [-0.3, -0.25) is 9.48 Å². The van der Waals surface area contributed by atoms with Gasteiger partial charge in [0.1, 0.15) is 11.5 Å². The van der Waals surface area contributed by atoms with Crippen molar-refractivity contribution in [1.29, 1.82) is 0 Å². The molecule has 0 aliphatic heterocycles. The molecule has 0 spiro atoms. The molecule has 2 aromatic rings. The zero-order valence-electron chi connectivity index (χ0n) is 9.92. The molecule has 7 heteroatoms. The van der Waals surface area contributed by atoms with Crippen LogP contribution in [0, 0.1) is 5.82 Å². The number of rotatable bonds is 3. The van der Waals surface area contributed by atoms with E-state index in [9.17, 15) is 14.0 Å². The van der Waals surface area contributed by atoms with Crippen LogP contribution in [0.15, 0.2) is 30.5 Å². The van der Waals surface area contributed by atoms with Gasteiger partial charge in [-0.15, -0.1) is 0 Å². The second-order valence-electron chi connectivity index (χ2n) is 3.79. The Labute approximate surface area is 107 Å². The molecule has 98 valence electrons. The van der Waals surface area contributed by atoms with Crippen molar-refractivity contribution >= 4 is 17.6 Å². The van der Waals surface area contributed by atoms with E-state index < -0.39 is 23.3 Å². The largest absolute Gasteiger partial charge is 0.478 e. The van der Waals surface area contributed by atoms with E-state index in [0.717, 1.165) is 12.1 Å². The molecule has 0 bridgehead atoms. The molecule has 2 rings (SSSR count). The Kier molecular flexibility index (Phi) is 3.28. The van der Waals surface area contributed by atoms with E-state index in [1.807, 2.05) is 0 Å². The first-order chi connectivity index (χ1) is 8.99. The Bertz CT molecular complexity index is 651. The van der Waals surface area contributed by atoms with Crippen molar-refractivity contribution in [2.24, 2.45) is 7.05 Å². The number of hydrogen-bond donors (Lipinski definition) is 2. The molecule has 0 radical (unpaired) electrons. The van der Waals surface area contributed by atoms with Gasteiger partial charge in [0, 0.05) is 18.9 Å². The summed E-state index contributed by atoms with van der Waals surface area (Å²) in [5.74, 6) is -2.72. The van der Waals surface area contributed by atoms with E-state index >= 15 is 0 Å². The number of carboxylic acids is 1. The fourth-order valence-electron chi connectivity index (χ4n) is 1.56. The van der Waals surface area contributed by atoms with Crippen LogP contribution in [0.3, 0.4) is 0 Å². The van der Waals surface area contributed by atoms with Crippen molar-refractivity contribution in [3.05, 3.63) is 47.5 Å². The Balaban J connectivity index is 2.21. The number of carboxylic acid groups (broad SMARTS) is 1. The van der Waals surface area contributed by atoms with Crippen LogP contribution in [0.1, 0.15) is 20.8 Å². The predicted molar refractivity (Wildman–Crippen MR) is 64.5 cm³/mol. The molecule has 0 atom stereocenters. The molecule has 1 heterocycles. The number of aryl methyl sites for hydroxylation is 1. The smallest absolute Gasteiger partial charge is 0.338 e. The van der Waals surface area contributed by atoms with Gasteiger partial charge in [-0.2, -0.15) is 5.10 Å². The lowest BCUT2D eigenvalue weighted by Gasteiger charge is -2.06. The third-order valence-corrected chi connectivity index (χ3v) is 2.51. The van der Waals surface area contributed by atoms with Crippen molar-refractivity contribution in [2.75, 3.05) is 5.32 Å². The van der Waals surface area contributed by atoms with Crippen LogP contribution in [-0.4, -0.2) is 26.8 Å². The summed E-state index contributed by atoms with van der Waals surface area (Å²) in [6, 6.07) is 4.88. The Morgan fingerprint density at radius 1 is 1.37 bits per heavy atom. The highest BCUT2D eigenvalue weighted by Crippen LogP contribution is 2.15. The van der Waals surface area contributed by atoms with Crippen molar-refractivity contribution in [3.63, 3.8) is 0 Å².